The smallest absolute Gasteiger partial charge is 0.274 e. The summed E-state index contributed by atoms with van der Waals surface area (Å²) in [7, 11) is 0. The fourth-order valence-corrected chi connectivity index (χ4v) is 3.65. The van der Waals surface area contributed by atoms with Gasteiger partial charge in [-0.1, -0.05) is 41.9 Å². The quantitative estimate of drug-likeness (QED) is 0.348. The molecule has 8 nitrogen and oxygen atoms in total. The fraction of sp³-hybridized carbons (Fsp3) is 0.167. The molecule has 0 aliphatic carbocycles. The lowest BCUT2D eigenvalue weighted by atomic mass is 10.1. The standard InChI is InChI=1S/C24H19ClFN5O3/c25-20-9-19(22(26)29-23(20)28-11-16(33)13-32)21-17-3-1-2-4-18(17)24(34)31(30-21)12-15-7-5-14(10-27)6-8-15/h1-9,16,32-33H,11-13H2,(H,28,29)/t16-/m0/s1. The minimum Gasteiger partial charge on any atom is -0.394 e. The average Bonchev–Trinajstić information content (AvgIpc) is 2.86. The molecule has 0 bridgehead atoms. The van der Waals surface area contributed by atoms with Crippen LogP contribution in [-0.4, -0.2) is 44.2 Å². The summed E-state index contributed by atoms with van der Waals surface area (Å²) in [5.41, 5.74) is 1.08. The van der Waals surface area contributed by atoms with Crippen LogP contribution in [0, 0.1) is 17.3 Å². The SMILES string of the molecule is N#Cc1ccc(Cn2nc(-c3cc(Cl)c(NC[C@H](O)CO)nc3F)c3ccccc3c2=O)cc1. The third kappa shape index (κ3) is 4.75. The molecule has 4 aromatic rings. The molecule has 4 rings (SSSR count). The lowest BCUT2D eigenvalue weighted by Crippen LogP contribution is -2.25. The van der Waals surface area contributed by atoms with Gasteiger partial charge >= 0.3 is 0 Å². The van der Waals surface area contributed by atoms with Gasteiger partial charge in [0.15, 0.2) is 0 Å². The molecule has 3 N–H and O–H groups in total. The molecule has 2 aromatic carbocycles. The molecular formula is C24H19ClFN5O3. The molecule has 0 amide bonds. The van der Waals surface area contributed by atoms with E-state index in [0.717, 1.165) is 5.56 Å². The van der Waals surface area contributed by atoms with E-state index in [1.54, 1.807) is 48.5 Å². The summed E-state index contributed by atoms with van der Waals surface area (Å²) in [5, 5.41) is 35.4. The Labute approximate surface area is 198 Å². The summed E-state index contributed by atoms with van der Waals surface area (Å²) in [6.45, 7) is -0.426. The van der Waals surface area contributed by atoms with Crippen molar-refractivity contribution in [1.82, 2.24) is 14.8 Å². The van der Waals surface area contributed by atoms with Gasteiger partial charge in [-0.25, -0.2) is 9.67 Å². The number of fused-ring (bicyclic) bond motifs is 1. The first-order valence-electron chi connectivity index (χ1n) is 10.3. The number of benzene rings is 2. The number of aliphatic hydroxyl groups is 2. The third-order valence-electron chi connectivity index (χ3n) is 5.18. The minimum atomic E-state index is -1.06. The van der Waals surface area contributed by atoms with Gasteiger partial charge in [0.05, 0.1) is 46.9 Å². The van der Waals surface area contributed by atoms with Crippen LogP contribution in [0.5, 0.6) is 0 Å². The maximum Gasteiger partial charge on any atom is 0.274 e. The molecule has 0 radical (unpaired) electrons. The summed E-state index contributed by atoms with van der Waals surface area (Å²) in [6, 6.07) is 16.9. The van der Waals surface area contributed by atoms with Crippen LogP contribution in [0.25, 0.3) is 22.0 Å². The monoisotopic (exact) mass is 479 g/mol. The number of nitrogens with zero attached hydrogens (tertiary/aromatic N) is 4. The molecule has 0 aliphatic rings. The van der Waals surface area contributed by atoms with Crippen LogP contribution in [0.1, 0.15) is 11.1 Å². The number of nitrogens with one attached hydrogen (secondary N) is 1. The van der Waals surface area contributed by atoms with Gasteiger partial charge in [-0.2, -0.15) is 14.8 Å². The van der Waals surface area contributed by atoms with Gasteiger partial charge in [0, 0.05) is 11.9 Å². The van der Waals surface area contributed by atoms with Crippen molar-refractivity contribution in [1.29, 1.82) is 5.26 Å². The molecule has 2 aromatic heterocycles. The molecule has 0 saturated heterocycles. The Morgan fingerprint density at radius 3 is 2.56 bits per heavy atom. The van der Waals surface area contributed by atoms with E-state index in [9.17, 15) is 9.90 Å². The van der Waals surface area contributed by atoms with Gasteiger partial charge in [-0.15, -0.1) is 0 Å². The number of halogens is 2. The summed E-state index contributed by atoms with van der Waals surface area (Å²) in [6.07, 6.45) is -1.06. The van der Waals surface area contributed by atoms with Crippen LogP contribution in [0.3, 0.4) is 0 Å². The van der Waals surface area contributed by atoms with Gasteiger partial charge in [0.2, 0.25) is 5.95 Å². The molecule has 0 aliphatic heterocycles. The summed E-state index contributed by atoms with van der Waals surface area (Å²) in [5.74, 6) is -0.864. The zero-order valence-corrected chi connectivity index (χ0v) is 18.5. The number of rotatable bonds is 7. The largest absolute Gasteiger partial charge is 0.394 e. The first kappa shape index (κ1) is 23.3. The minimum absolute atomic E-state index is 0.00281. The van der Waals surface area contributed by atoms with Crippen molar-refractivity contribution in [2.45, 2.75) is 12.6 Å². The van der Waals surface area contributed by atoms with Crippen LogP contribution in [-0.2, 0) is 6.54 Å². The highest BCUT2D eigenvalue weighted by molar-refractivity contribution is 6.33. The number of hydrogen-bond acceptors (Lipinski definition) is 7. The second-order valence-corrected chi connectivity index (χ2v) is 7.95. The zero-order valence-electron chi connectivity index (χ0n) is 17.7. The maximum atomic E-state index is 15.1. The molecule has 2 heterocycles. The Bertz CT molecular complexity index is 1450. The van der Waals surface area contributed by atoms with E-state index in [-0.39, 0.29) is 40.7 Å². The zero-order chi connectivity index (χ0) is 24.2. The second-order valence-electron chi connectivity index (χ2n) is 7.54. The Balaban J connectivity index is 1.80. The van der Waals surface area contributed by atoms with E-state index < -0.39 is 18.7 Å². The Hall–Kier alpha value is -3.84. The Morgan fingerprint density at radius 2 is 1.88 bits per heavy atom. The lowest BCUT2D eigenvalue weighted by Gasteiger charge is -2.14. The number of aromatic nitrogens is 3. The molecule has 0 spiro atoms. The second kappa shape index (κ2) is 9.97. The van der Waals surface area contributed by atoms with E-state index in [4.69, 9.17) is 22.0 Å². The van der Waals surface area contributed by atoms with Crippen molar-refractivity contribution in [3.8, 4) is 17.3 Å². The van der Waals surface area contributed by atoms with Gasteiger partial charge in [0.1, 0.15) is 11.5 Å². The van der Waals surface area contributed by atoms with E-state index in [2.05, 4.69) is 15.4 Å². The molecule has 10 heteroatoms. The number of pyridine rings is 1. The maximum absolute atomic E-state index is 15.1. The topological polar surface area (TPSA) is 124 Å². The molecule has 0 unspecified atom stereocenters. The van der Waals surface area contributed by atoms with E-state index in [1.807, 2.05) is 6.07 Å². The average molecular weight is 480 g/mol. The molecule has 1 atom stereocenters. The number of anilines is 1. The number of nitriles is 1. The van der Waals surface area contributed by atoms with E-state index in [0.29, 0.717) is 16.3 Å². The normalized spacial score (nSPS) is 11.9. The fourth-order valence-electron chi connectivity index (χ4n) is 3.43. The molecule has 0 saturated carbocycles. The first-order chi connectivity index (χ1) is 16.4. The predicted molar refractivity (Wildman–Crippen MR) is 126 cm³/mol. The van der Waals surface area contributed by atoms with Crippen LogP contribution < -0.4 is 10.9 Å². The van der Waals surface area contributed by atoms with E-state index >= 15 is 4.39 Å². The molecular weight excluding hydrogens is 461 g/mol. The molecule has 0 fully saturated rings. The van der Waals surface area contributed by atoms with Gasteiger partial charge in [0.25, 0.3) is 5.56 Å². The number of aliphatic hydroxyl groups excluding tert-OH is 2. The van der Waals surface area contributed by atoms with Crippen molar-refractivity contribution in [3.63, 3.8) is 0 Å². The Morgan fingerprint density at radius 1 is 1.18 bits per heavy atom. The highest BCUT2D eigenvalue weighted by Gasteiger charge is 2.19. The van der Waals surface area contributed by atoms with Crippen molar-refractivity contribution >= 4 is 28.2 Å². The van der Waals surface area contributed by atoms with Crippen LogP contribution >= 0.6 is 11.6 Å². The predicted octanol–water partition coefficient (Wildman–Crippen LogP) is 2.94. The van der Waals surface area contributed by atoms with Crippen LogP contribution in [0.4, 0.5) is 10.2 Å². The molecule has 172 valence electrons. The van der Waals surface area contributed by atoms with Crippen molar-refractivity contribution in [3.05, 3.63) is 87.0 Å². The van der Waals surface area contributed by atoms with Gasteiger partial charge in [-0.3, -0.25) is 4.79 Å². The van der Waals surface area contributed by atoms with Crippen molar-refractivity contribution in [2.24, 2.45) is 0 Å². The number of hydrogen-bond donors (Lipinski definition) is 3. The summed E-state index contributed by atoms with van der Waals surface area (Å²) in [4.78, 5) is 16.9. The van der Waals surface area contributed by atoms with Crippen molar-refractivity contribution < 1.29 is 14.6 Å². The first-order valence-corrected chi connectivity index (χ1v) is 10.7. The Kier molecular flexibility index (Phi) is 6.84. The summed E-state index contributed by atoms with van der Waals surface area (Å²) >= 11 is 6.30. The van der Waals surface area contributed by atoms with Crippen molar-refractivity contribution in [2.75, 3.05) is 18.5 Å². The lowest BCUT2D eigenvalue weighted by molar-refractivity contribution is 0.105. The van der Waals surface area contributed by atoms with Crippen LogP contribution in [0.15, 0.2) is 59.4 Å². The van der Waals surface area contributed by atoms with E-state index in [1.165, 1.54) is 10.7 Å². The molecule has 34 heavy (non-hydrogen) atoms. The van der Waals surface area contributed by atoms with Crippen LogP contribution in [0.2, 0.25) is 5.02 Å². The van der Waals surface area contributed by atoms with Gasteiger partial charge < -0.3 is 15.5 Å². The third-order valence-corrected chi connectivity index (χ3v) is 5.47. The summed E-state index contributed by atoms with van der Waals surface area (Å²) < 4.78 is 16.3. The highest BCUT2D eigenvalue weighted by atomic mass is 35.5. The van der Waals surface area contributed by atoms with Gasteiger partial charge in [-0.05, 0) is 29.8 Å². The highest BCUT2D eigenvalue weighted by Crippen LogP contribution is 2.31.